The lowest BCUT2D eigenvalue weighted by Gasteiger charge is -2.01. The second-order valence-corrected chi connectivity index (χ2v) is 5.00. The first kappa shape index (κ1) is 11.8. The van der Waals surface area contributed by atoms with Crippen molar-refractivity contribution in [1.29, 1.82) is 0 Å². The van der Waals surface area contributed by atoms with Crippen molar-refractivity contribution < 1.29 is 0 Å². The second-order valence-electron chi connectivity index (χ2n) is 4.55. The molecule has 0 amide bonds. The van der Waals surface area contributed by atoms with Crippen molar-refractivity contribution in [3.63, 3.8) is 0 Å². The maximum absolute atomic E-state index is 11.9. The van der Waals surface area contributed by atoms with E-state index in [-0.39, 0.29) is 5.69 Å². The fraction of sp³-hybridized carbons (Fsp3) is 0.750. The average molecular weight is 240 g/mol. The van der Waals surface area contributed by atoms with Gasteiger partial charge in [-0.15, -0.1) is 0 Å². The van der Waals surface area contributed by atoms with Gasteiger partial charge in [-0.25, -0.2) is 4.79 Å². The molecule has 1 aliphatic carbocycles. The summed E-state index contributed by atoms with van der Waals surface area (Å²) < 4.78 is 3.73. The first-order valence-electron chi connectivity index (χ1n) is 6.21. The molecule has 1 aromatic rings. The number of aryl methyl sites for hydroxylation is 1. The van der Waals surface area contributed by atoms with E-state index in [4.69, 9.17) is 0 Å². The number of nitrogens with zero attached hydrogens (tertiary/aromatic N) is 2. The molecule has 1 aliphatic rings. The summed E-state index contributed by atoms with van der Waals surface area (Å²) in [6.45, 7) is 0.866. The molecule has 0 bridgehead atoms. The fourth-order valence-corrected chi connectivity index (χ4v) is 2.20. The van der Waals surface area contributed by atoms with Gasteiger partial charge in [0.1, 0.15) is 0 Å². The fourth-order valence-electron chi connectivity index (χ4n) is 1.98. The van der Waals surface area contributed by atoms with E-state index in [2.05, 4.69) is 12.6 Å². The molecule has 1 fully saturated rings. The lowest BCUT2D eigenvalue weighted by Crippen LogP contribution is -2.23. The van der Waals surface area contributed by atoms with Crippen LogP contribution in [0, 0.1) is 0 Å². The van der Waals surface area contributed by atoms with Crippen LogP contribution in [0.25, 0.3) is 0 Å². The van der Waals surface area contributed by atoms with Crippen LogP contribution in [-0.2, 0) is 6.54 Å². The summed E-state index contributed by atoms with van der Waals surface area (Å²) in [7, 11) is 0. The Hall–Kier alpha value is -0.640. The third kappa shape index (κ3) is 2.94. The second kappa shape index (κ2) is 5.62. The van der Waals surface area contributed by atoms with Crippen LogP contribution in [0.15, 0.2) is 17.2 Å². The quantitative estimate of drug-likeness (QED) is 0.575. The minimum absolute atomic E-state index is 0.177. The Balaban J connectivity index is 1.78. The monoisotopic (exact) mass is 240 g/mol. The summed E-state index contributed by atoms with van der Waals surface area (Å²) in [5, 5.41) is 0. The molecule has 0 aromatic carbocycles. The summed E-state index contributed by atoms with van der Waals surface area (Å²) in [5.41, 5.74) is 0.177. The molecule has 90 valence electrons. The standard InChI is InChI=1S/C12H20N2OS/c15-12-13(7-3-1-2-4-10-16)8-9-14(12)11-5-6-11/h8-9,11,16H,1-7,10H2. The zero-order valence-corrected chi connectivity index (χ0v) is 10.5. The molecule has 16 heavy (non-hydrogen) atoms. The molecule has 0 spiro atoms. The highest BCUT2D eigenvalue weighted by molar-refractivity contribution is 7.80. The maximum Gasteiger partial charge on any atom is 0.328 e. The minimum atomic E-state index is 0.177. The highest BCUT2D eigenvalue weighted by Crippen LogP contribution is 2.33. The number of imidazole rings is 1. The predicted octanol–water partition coefficient (Wildman–Crippen LogP) is 2.47. The zero-order valence-electron chi connectivity index (χ0n) is 9.64. The molecule has 0 aliphatic heterocycles. The molecular weight excluding hydrogens is 220 g/mol. The van der Waals surface area contributed by atoms with Gasteiger partial charge in [-0.05, 0) is 31.4 Å². The molecule has 0 N–H and O–H groups in total. The van der Waals surface area contributed by atoms with Crippen molar-refractivity contribution in [1.82, 2.24) is 9.13 Å². The highest BCUT2D eigenvalue weighted by atomic mass is 32.1. The predicted molar refractivity (Wildman–Crippen MR) is 69.3 cm³/mol. The number of hydrogen-bond donors (Lipinski definition) is 1. The van der Waals surface area contributed by atoms with Crippen molar-refractivity contribution >= 4 is 12.6 Å². The Morgan fingerprint density at radius 2 is 1.94 bits per heavy atom. The van der Waals surface area contributed by atoms with Crippen molar-refractivity contribution in [2.24, 2.45) is 0 Å². The van der Waals surface area contributed by atoms with E-state index in [0.29, 0.717) is 6.04 Å². The SMILES string of the molecule is O=c1n(CCCCCCS)ccn1C1CC1. The van der Waals surface area contributed by atoms with Crippen LogP contribution in [-0.4, -0.2) is 14.9 Å². The van der Waals surface area contributed by atoms with Gasteiger partial charge < -0.3 is 0 Å². The third-order valence-corrected chi connectivity index (χ3v) is 3.44. The molecule has 3 nitrogen and oxygen atoms in total. The highest BCUT2D eigenvalue weighted by Gasteiger charge is 2.25. The first-order valence-corrected chi connectivity index (χ1v) is 6.84. The summed E-state index contributed by atoms with van der Waals surface area (Å²) >= 11 is 4.18. The van der Waals surface area contributed by atoms with Gasteiger partial charge in [-0.2, -0.15) is 12.6 Å². The van der Waals surface area contributed by atoms with Gasteiger partial charge in [0.2, 0.25) is 0 Å². The van der Waals surface area contributed by atoms with Gasteiger partial charge in [-0.3, -0.25) is 9.13 Å². The minimum Gasteiger partial charge on any atom is -0.299 e. The topological polar surface area (TPSA) is 26.9 Å². The Kier molecular flexibility index (Phi) is 4.16. The molecule has 0 radical (unpaired) electrons. The first-order chi connectivity index (χ1) is 7.83. The van der Waals surface area contributed by atoms with E-state index in [1.54, 1.807) is 0 Å². The number of aromatic nitrogens is 2. The summed E-state index contributed by atoms with van der Waals surface area (Å²) in [6, 6.07) is 0.498. The number of rotatable bonds is 7. The van der Waals surface area contributed by atoms with Crippen LogP contribution < -0.4 is 5.69 Å². The summed E-state index contributed by atoms with van der Waals surface area (Å²) in [6.07, 6.45) is 10.9. The van der Waals surface area contributed by atoms with Crippen LogP contribution in [0.3, 0.4) is 0 Å². The van der Waals surface area contributed by atoms with Crippen molar-refractivity contribution in [3.05, 3.63) is 22.9 Å². The lowest BCUT2D eigenvalue weighted by atomic mass is 10.2. The van der Waals surface area contributed by atoms with Gasteiger partial charge in [0.15, 0.2) is 0 Å². The van der Waals surface area contributed by atoms with Crippen molar-refractivity contribution in [2.75, 3.05) is 5.75 Å². The molecule has 1 aromatic heterocycles. The Bertz CT molecular complexity index is 379. The molecule has 1 heterocycles. The van der Waals surface area contributed by atoms with Gasteiger partial charge in [0.05, 0.1) is 0 Å². The van der Waals surface area contributed by atoms with Crippen LogP contribution >= 0.6 is 12.6 Å². The Morgan fingerprint density at radius 1 is 1.19 bits per heavy atom. The van der Waals surface area contributed by atoms with Crippen molar-refractivity contribution in [2.45, 2.75) is 51.1 Å². The molecule has 0 saturated heterocycles. The van der Waals surface area contributed by atoms with E-state index in [0.717, 1.165) is 18.7 Å². The van der Waals surface area contributed by atoms with Gasteiger partial charge in [0, 0.05) is 25.0 Å². The molecule has 1 saturated carbocycles. The van der Waals surface area contributed by atoms with Crippen molar-refractivity contribution in [3.8, 4) is 0 Å². The average Bonchev–Trinajstić information content (AvgIpc) is 3.05. The van der Waals surface area contributed by atoms with E-state index in [9.17, 15) is 4.79 Å². The number of thiol groups is 1. The van der Waals surface area contributed by atoms with E-state index >= 15 is 0 Å². The largest absolute Gasteiger partial charge is 0.328 e. The van der Waals surface area contributed by atoms with Crippen LogP contribution in [0.4, 0.5) is 0 Å². The lowest BCUT2D eigenvalue weighted by molar-refractivity contribution is 0.557. The molecule has 4 heteroatoms. The molecule has 2 rings (SSSR count). The van der Waals surface area contributed by atoms with Gasteiger partial charge in [0.25, 0.3) is 0 Å². The normalized spacial score (nSPS) is 15.6. The van der Waals surface area contributed by atoms with Crippen LogP contribution in [0.1, 0.15) is 44.6 Å². The smallest absolute Gasteiger partial charge is 0.299 e. The zero-order chi connectivity index (χ0) is 11.4. The summed E-state index contributed by atoms with van der Waals surface area (Å²) in [4.78, 5) is 11.9. The number of unbranched alkanes of at least 4 members (excludes halogenated alkanes) is 3. The van der Waals surface area contributed by atoms with Crippen LogP contribution in [0.2, 0.25) is 0 Å². The van der Waals surface area contributed by atoms with E-state index in [1.807, 2.05) is 21.5 Å². The third-order valence-electron chi connectivity index (χ3n) is 3.12. The van der Waals surface area contributed by atoms with E-state index < -0.39 is 0 Å². The Morgan fingerprint density at radius 3 is 2.62 bits per heavy atom. The van der Waals surface area contributed by atoms with Gasteiger partial charge in [-0.1, -0.05) is 12.8 Å². The maximum atomic E-state index is 11.9. The van der Waals surface area contributed by atoms with Crippen LogP contribution in [0.5, 0.6) is 0 Å². The molecule has 0 unspecified atom stereocenters. The van der Waals surface area contributed by atoms with E-state index in [1.165, 1.54) is 32.1 Å². The van der Waals surface area contributed by atoms with Gasteiger partial charge >= 0.3 is 5.69 Å². The summed E-state index contributed by atoms with van der Waals surface area (Å²) in [5.74, 6) is 0.970. The number of hydrogen-bond acceptors (Lipinski definition) is 2. The molecule has 0 atom stereocenters. The Labute approximate surface area is 102 Å². The molecular formula is C12H20N2OS.